The maximum absolute atomic E-state index is 11.1. The molecule has 0 atom stereocenters. The van der Waals surface area contributed by atoms with Gasteiger partial charge in [0.1, 0.15) is 12.0 Å². The zero-order valence-corrected chi connectivity index (χ0v) is 6.88. The van der Waals surface area contributed by atoms with Crippen molar-refractivity contribution in [3.8, 4) is 0 Å². The van der Waals surface area contributed by atoms with Gasteiger partial charge in [0, 0.05) is 5.41 Å². The van der Waals surface area contributed by atoms with E-state index in [9.17, 15) is 4.79 Å². The monoisotopic (exact) mass is 153 g/mol. The summed E-state index contributed by atoms with van der Waals surface area (Å²) >= 11 is 0. The summed E-state index contributed by atoms with van der Waals surface area (Å²) in [6.07, 6.45) is 1.29. The molecule has 1 aromatic rings. The lowest BCUT2D eigenvalue weighted by molar-refractivity contribution is 0.546. The van der Waals surface area contributed by atoms with Crippen LogP contribution in [0.15, 0.2) is 11.1 Å². The number of aromatic nitrogens is 3. The van der Waals surface area contributed by atoms with Gasteiger partial charge in [0.2, 0.25) is 0 Å². The second-order valence-electron chi connectivity index (χ2n) is 3.42. The average Bonchev–Trinajstić information content (AvgIpc) is 1.86. The van der Waals surface area contributed by atoms with Gasteiger partial charge in [0.25, 0.3) is 5.56 Å². The fourth-order valence-corrected chi connectivity index (χ4v) is 0.778. The van der Waals surface area contributed by atoms with Crippen molar-refractivity contribution in [2.45, 2.75) is 26.2 Å². The summed E-state index contributed by atoms with van der Waals surface area (Å²) in [4.78, 5) is 13.6. The molecule has 1 rings (SSSR count). The Morgan fingerprint density at radius 1 is 1.45 bits per heavy atom. The smallest absolute Gasteiger partial charge is 0.273 e. The van der Waals surface area contributed by atoms with E-state index in [-0.39, 0.29) is 11.0 Å². The number of aromatic amines is 1. The van der Waals surface area contributed by atoms with Crippen molar-refractivity contribution in [3.05, 3.63) is 22.4 Å². The van der Waals surface area contributed by atoms with Crippen LogP contribution in [0.4, 0.5) is 0 Å². The third-order valence-electron chi connectivity index (χ3n) is 1.34. The van der Waals surface area contributed by atoms with E-state index in [0.717, 1.165) is 0 Å². The van der Waals surface area contributed by atoms with Crippen LogP contribution in [-0.2, 0) is 5.41 Å². The molecular formula is C7H11N3O. The Hall–Kier alpha value is -1.19. The predicted octanol–water partition coefficient (Wildman–Crippen LogP) is 0.462. The summed E-state index contributed by atoms with van der Waals surface area (Å²) in [5.74, 6) is 0. The van der Waals surface area contributed by atoms with Crippen LogP contribution >= 0.6 is 0 Å². The lowest BCUT2D eigenvalue weighted by Gasteiger charge is -2.14. The van der Waals surface area contributed by atoms with Crippen LogP contribution in [0.5, 0.6) is 0 Å². The quantitative estimate of drug-likeness (QED) is 0.589. The van der Waals surface area contributed by atoms with Gasteiger partial charge in [-0.15, -0.1) is 10.2 Å². The molecule has 60 valence electrons. The van der Waals surface area contributed by atoms with Crippen LogP contribution in [-0.4, -0.2) is 15.2 Å². The minimum Gasteiger partial charge on any atom is -0.310 e. The zero-order chi connectivity index (χ0) is 8.48. The van der Waals surface area contributed by atoms with Gasteiger partial charge in [-0.25, -0.2) is 0 Å². The molecule has 0 aliphatic carbocycles. The number of nitrogens with zero attached hydrogens (tertiary/aromatic N) is 2. The highest BCUT2D eigenvalue weighted by Gasteiger charge is 2.19. The fourth-order valence-electron chi connectivity index (χ4n) is 0.778. The highest BCUT2D eigenvalue weighted by atomic mass is 16.1. The summed E-state index contributed by atoms with van der Waals surface area (Å²) < 4.78 is 0. The first-order valence-electron chi connectivity index (χ1n) is 3.42. The largest absolute Gasteiger partial charge is 0.310 e. The molecule has 0 radical (unpaired) electrons. The van der Waals surface area contributed by atoms with Gasteiger partial charge < -0.3 is 4.98 Å². The molecule has 0 saturated carbocycles. The predicted molar refractivity (Wildman–Crippen MR) is 41.4 cm³/mol. The van der Waals surface area contributed by atoms with E-state index in [1.54, 1.807) is 0 Å². The lowest BCUT2D eigenvalue weighted by Crippen LogP contribution is -2.26. The molecule has 0 spiro atoms. The van der Waals surface area contributed by atoms with Crippen LogP contribution in [0.3, 0.4) is 0 Å². The molecule has 0 saturated heterocycles. The minimum absolute atomic E-state index is 0.160. The third-order valence-corrected chi connectivity index (χ3v) is 1.34. The van der Waals surface area contributed by atoms with Gasteiger partial charge in [0.05, 0.1) is 0 Å². The van der Waals surface area contributed by atoms with E-state index in [2.05, 4.69) is 15.2 Å². The molecule has 0 aliphatic heterocycles. The molecular weight excluding hydrogens is 142 g/mol. The summed E-state index contributed by atoms with van der Waals surface area (Å²) in [5.41, 5.74) is 0.0782. The van der Waals surface area contributed by atoms with Crippen molar-refractivity contribution in [2.75, 3.05) is 0 Å². The van der Waals surface area contributed by atoms with Crippen LogP contribution in [0.25, 0.3) is 0 Å². The zero-order valence-electron chi connectivity index (χ0n) is 6.88. The highest BCUT2D eigenvalue weighted by Crippen LogP contribution is 2.14. The van der Waals surface area contributed by atoms with E-state index in [4.69, 9.17) is 0 Å². The van der Waals surface area contributed by atoms with Crippen LogP contribution < -0.4 is 5.56 Å². The first kappa shape index (κ1) is 7.91. The number of H-pyrrole nitrogens is 1. The molecule has 0 aliphatic rings. The van der Waals surface area contributed by atoms with Crippen molar-refractivity contribution >= 4 is 0 Å². The second-order valence-corrected chi connectivity index (χ2v) is 3.42. The molecule has 11 heavy (non-hydrogen) atoms. The van der Waals surface area contributed by atoms with Gasteiger partial charge in [-0.1, -0.05) is 20.8 Å². The third kappa shape index (κ3) is 1.63. The molecule has 1 aromatic heterocycles. The van der Waals surface area contributed by atoms with E-state index in [1.807, 2.05) is 20.8 Å². The lowest BCUT2D eigenvalue weighted by atomic mass is 9.93. The molecule has 0 fully saturated rings. The maximum atomic E-state index is 11.1. The molecule has 0 aromatic carbocycles. The topological polar surface area (TPSA) is 58.6 Å². The minimum atomic E-state index is -0.234. The summed E-state index contributed by atoms with van der Waals surface area (Å²) in [5, 5.41) is 7.36. The van der Waals surface area contributed by atoms with Crippen LogP contribution in [0, 0.1) is 0 Å². The van der Waals surface area contributed by atoms with Crippen molar-refractivity contribution in [2.24, 2.45) is 0 Å². The van der Waals surface area contributed by atoms with E-state index >= 15 is 0 Å². The summed E-state index contributed by atoms with van der Waals surface area (Å²) in [6, 6.07) is 0. The van der Waals surface area contributed by atoms with Crippen molar-refractivity contribution in [1.82, 2.24) is 15.2 Å². The first-order chi connectivity index (χ1) is 5.02. The number of nitrogens with one attached hydrogen (secondary N) is 1. The van der Waals surface area contributed by atoms with Gasteiger partial charge in [-0.3, -0.25) is 4.79 Å². The van der Waals surface area contributed by atoms with Gasteiger partial charge in [0.15, 0.2) is 0 Å². The SMILES string of the molecule is CC(C)(C)c1nnc[nH]c1=O. The highest BCUT2D eigenvalue weighted by molar-refractivity contribution is 5.05. The number of rotatable bonds is 0. The van der Waals surface area contributed by atoms with Crippen molar-refractivity contribution in [1.29, 1.82) is 0 Å². The Labute approximate surface area is 64.7 Å². The van der Waals surface area contributed by atoms with Gasteiger partial charge >= 0.3 is 0 Å². The Morgan fingerprint density at radius 2 is 2.09 bits per heavy atom. The summed E-state index contributed by atoms with van der Waals surface area (Å²) in [6.45, 7) is 5.77. The molecule has 1 heterocycles. The van der Waals surface area contributed by atoms with Gasteiger partial charge in [-0.2, -0.15) is 0 Å². The maximum Gasteiger partial charge on any atom is 0.273 e. The Balaban J connectivity index is 3.26. The summed E-state index contributed by atoms with van der Waals surface area (Å²) in [7, 11) is 0. The standard InChI is InChI=1S/C7H11N3O/c1-7(2,3)5-6(11)8-4-9-10-5/h4H,1-3H3,(H,8,9,11). The molecule has 4 nitrogen and oxygen atoms in total. The molecule has 1 N–H and O–H groups in total. The molecule has 0 unspecified atom stereocenters. The number of hydrogen-bond acceptors (Lipinski definition) is 3. The normalized spacial score (nSPS) is 11.5. The second kappa shape index (κ2) is 2.45. The van der Waals surface area contributed by atoms with Crippen LogP contribution in [0.2, 0.25) is 0 Å². The number of hydrogen-bond donors (Lipinski definition) is 1. The fraction of sp³-hybridized carbons (Fsp3) is 0.571. The Kier molecular flexibility index (Phi) is 1.76. The van der Waals surface area contributed by atoms with E-state index < -0.39 is 0 Å². The molecule has 0 amide bonds. The van der Waals surface area contributed by atoms with Gasteiger partial charge in [-0.05, 0) is 0 Å². The Bertz CT molecular complexity index is 297. The van der Waals surface area contributed by atoms with Crippen molar-refractivity contribution in [3.63, 3.8) is 0 Å². The van der Waals surface area contributed by atoms with Crippen molar-refractivity contribution < 1.29 is 0 Å². The van der Waals surface area contributed by atoms with Crippen LogP contribution in [0.1, 0.15) is 26.5 Å². The first-order valence-corrected chi connectivity index (χ1v) is 3.42. The Morgan fingerprint density at radius 3 is 2.45 bits per heavy atom. The van der Waals surface area contributed by atoms with E-state index in [0.29, 0.717) is 5.69 Å². The average molecular weight is 153 g/mol. The molecule has 0 bridgehead atoms. The molecule has 4 heteroatoms. The van der Waals surface area contributed by atoms with E-state index in [1.165, 1.54) is 6.33 Å².